The maximum Gasteiger partial charge on any atom is 0.323 e. The molecule has 1 aromatic carbocycles. The highest BCUT2D eigenvalue weighted by molar-refractivity contribution is 5.74. The van der Waals surface area contributed by atoms with Crippen LogP contribution in [0.25, 0.3) is 11.0 Å². The van der Waals surface area contributed by atoms with Crippen molar-refractivity contribution < 1.29 is 0 Å². The molecule has 1 saturated carbocycles. The van der Waals surface area contributed by atoms with Crippen molar-refractivity contribution in [3.63, 3.8) is 0 Å². The van der Waals surface area contributed by atoms with Crippen molar-refractivity contribution in [2.24, 2.45) is 5.92 Å². The van der Waals surface area contributed by atoms with Gasteiger partial charge >= 0.3 is 5.69 Å². The number of benzene rings is 1. The summed E-state index contributed by atoms with van der Waals surface area (Å²) in [6.45, 7) is 0. The predicted molar refractivity (Wildman–Crippen MR) is 77.4 cm³/mol. The Kier molecular flexibility index (Phi) is 3.42. The van der Waals surface area contributed by atoms with Gasteiger partial charge in [0.2, 0.25) is 0 Å². The van der Waals surface area contributed by atoms with E-state index in [0.29, 0.717) is 6.04 Å². The number of hydrogen-bond acceptors (Lipinski definition) is 2. The lowest BCUT2D eigenvalue weighted by molar-refractivity contribution is 0.300. The molecule has 102 valence electrons. The van der Waals surface area contributed by atoms with Crippen molar-refractivity contribution in [3.8, 4) is 0 Å². The second-order valence-electron chi connectivity index (χ2n) is 5.67. The zero-order valence-corrected chi connectivity index (χ0v) is 11.3. The Hall–Kier alpha value is -1.55. The average molecular weight is 259 g/mol. The Morgan fingerprint density at radius 1 is 1.16 bits per heavy atom. The number of nitrogens with one attached hydrogen (secondary N) is 3. The molecular weight excluding hydrogens is 238 g/mol. The first-order valence-electron chi connectivity index (χ1n) is 7.13. The van der Waals surface area contributed by atoms with Gasteiger partial charge in [0.25, 0.3) is 0 Å². The molecule has 0 radical (unpaired) electrons. The number of imidazole rings is 1. The highest BCUT2D eigenvalue weighted by Gasteiger charge is 2.20. The van der Waals surface area contributed by atoms with Gasteiger partial charge in [-0.1, -0.05) is 6.07 Å². The molecule has 0 saturated heterocycles. The van der Waals surface area contributed by atoms with Crippen LogP contribution >= 0.6 is 0 Å². The van der Waals surface area contributed by atoms with Crippen LogP contribution in [0.2, 0.25) is 0 Å². The fraction of sp³-hybridized carbons (Fsp3) is 0.533. The number of fused-ring (bicyclic) bond motifs is 1. The summed E-state index contributed by atoms with van der Waals surface area (Å²) in [7, 11) is 2.06. The molecule has 1 fully saturated rings. The molecule has 1 heterocycles. The molecule has 19 heavy (non-hydrogen) atoms. The minimum atomic E-state index is -0.123. The second-order valence-corrected chi connectivity index (χ2v) is 5.67. The van der Waals surface area contributed by atoms with E-state index in [1.54, 1.807) is 0 Å². The van der Waals surface area contributed by atoms with Crippen LogP contribution < -0.4 is 11.0 Å². The van der Waals surface area contributed by atoms with Gasteiger partial charge in [-0.2, -0.15) is 0 Å². The van der Waals surface area contributed by atoms with Gasteiger partial charge in [0, 0.05) is 6.04 Å². The zero-order valence-electron chi connectivity index (χ0n) is 11.3. The maximum atomic E-state index is 11.2. The number of rotatable bonds is 3. The second kappa shape index (κ2) is 5.21. The first kappa shape index (κ1) is 12.5. The Morgan fingerprint density at radius 3 is 2.63 bits per heavy atom. The SMILES string of the molecule is CNC1CCC(Cc2ccc3[nH]c(=O)[nH]c3c2)CC1. The molecule has 0 amide bonds. The number of H-pyrrole nitrogens is 2. The van der Waals surface area contributed by atoms with Crippen molar-refractivity contribution >= 4 is 11.0 Å². The maximum absolute atomic E-state index is 11.2. The van der Waals surface area contributed by atoms with Gasteiger partial charge in [0.1, 0.15) is 0 Å². The molecule has 4 nitrogen and oxygen atoms in total. The molecule has 0 spiro atoms. The fourth-order valence-corrected chi connectivity index (χ4v) is 3.20. The standard InChI is InChI=1S/C15H21N3O/c1-16-12-5-2-10(3-6-12)8-11-4-7-13-14(9-11)18-15(19)17-13/h4,7,9-10,12,16H,2-3,5-6,8H2,1H3,(H2,17,18,19). The molecule has 3 rings (SSSR count). The highest BCUT2D eigenvalue weighted by Crippen LogP contribution is 2.27. The number of aromatic amines is 2. The Bertz CT molecular complexity index is 605. The van der Waals surface area contributed by atoms with Gasteiger partial charge in [-0.05, 0) is 62.8 Å². The van der Waals surface area contributed by atoms with Crippen LogP contribution in [0.3, 0.4) is 0 Å². The molecule has 1 aliphatic carbocycles. The van der Waals surface area contributed by atoms with E-state index in [1.807, 2.05) is 6.07 Å². The van der Waals surface area contributed by atoms with E-state index in [4.69, 9.17) is 0 Å². The minimum Gasteiger partial charge on any atom is -0.317 e. The first-order chi connectivity index (χ1) is 9.24. The fourth-order valence-electron chi connectivity index (χ4n) is 3.20. The first-order valence-corrected chi connectivity index (χ1v) is 7.13. The lowest BCUT2D eigenvalue weighted by atomic mass is 9.82. The normalized spacial score (nSPS) is 23.8. The molecular formula is C15H21N3O. The van der Waals surface area contributed by atoms with E-state index in [1.165, 1.54) is 31.2 Å². The number of hydrogen-bond donors (Lipinski definition) is 3. The number of aromatic nitrogens is 2. The Balaban J connectivity index is 1.69. The summed E-state index contributed by atoms with van der Waals surface area (Å²) in [6, 6.07) is 6.95. The third-order valence-corrected chi connectivity index (χ3v) is 4.36. The smallest absolute Gasteiger partial charge is 0.317 e. The lowest BCUT2D eigenvalue weighted by Gasteiger charge is -2.28. The summed E-state index contributed by atoms with van der Waals surface area (Å²) in [5.74, 6) is 0.785. The van der Waals surface area contributed by atoms with Crippen LogP contribution in [0.4, 0.5) is 0 Å². The summed E-state index contributed by atoms with van der Waals surface area (Å²) in [5, 5.41) is 3.37. The van der Waals surface area contributed by atoms with E-state index in [9.17, 15) is 4.79 Å². The summed E-state index contributed by atoms with van der Waals surface area (Å²) in [4.78, 5) is 16.9. The summed E-state index contributed by atoms with van der Waals surface area (Å²) in [6.07, 6.45) is 6.29. The van der Waals surface area contributed by atoms with Crippen molar-refractivity contribution in [1.29, 1.82) is 0 Å². The van der Waals surface area contributed by atoms with E-state index in [0.717, 1.165) is 23.4 Å². The predicted octanol–water partition coefficient (Wildman–Crippen LogP) is 2.18. The van der Waals surface area contributed by atoms with Crippen LogP contribution in [0.1, 0.15) is 31.2 Å². The van der Waals surface area contributed by atoms with E-state index in [-0.39, 0.29) is 5.69 Å². The lowest BCUT2D eigenvalue weighted by Crippen LogP contribution is -2.30. The molecule has 0 bridgehead atoms. The van der Waals surface area contributed by atoms with Crippen molar-refractivity contribution in [2.45, 2.75) is 38.1 Å². The molecule has 0 atom stereocenters. The molecule has 2 aromatic rings. The van der Waals surface area contributed by atoms with Crippen molar-refractivity contribution in [2.75, 3.05) is 7.05 Å². The van der Waals surface area contributed by atoms with Gasteiger partial charge in [0.15, 0.2) is 0 Å². The van der Waals surface area contributed by atoms with Gasteiger partial charge in [-0.15, -0.1) is 0 Å². The topological polar surface area (TPSA) is 60.7 Å². The van der Waals surface area contributed by atoms with E-state index >= 15 is 0 Å². The van der Waals surface area contributed by atoms with E-state index < -0.39 is 0 Å². The van der Waals surface area contributed by atoms with Gasteiger partial charge in [-0.25, -0.2) is 4.79 Å². The van der Waals surface area contributed by atoms with Crippen LogP contribution in [0, 0.1) is 5.92 Å². The van der Waals surface area contributed by atoms with Gasteiger partial charge in [0.05, 0.1) is 11.0 Å². The largest absolute Gasteiger partial charge is 0.323 e. The molecule has 1 aliphatic rings. The van der Waals surface area contributed by atoms with E-state index in [2.05, 4.69) is 34.5 Å². The molecule has 0 aliphatic heterocycles. The molecule has 0 unspecified atom stereocenters. The Labute approximate surface area is 112 Å². The van der Waals surface area contributed by atoms with Crippen molar-refractivity contribution in [3.05, 3.63) is 34.2 Å². The van der Waals surface area contributed by atoms with Gasteiger partial charge in [-0.3, -0.25) is 0 Å². The van der Waals surface area contributed by atoms with Crippen LogP contribution in [-0.4, -0.2) is 23.1 Å². The molecule has 1 aromatic heterocycles. The highest BCUT2D eigenvalue weighted by atomic mass is 16.1. The monoisotopic (exact) mass is 259 g/mol. The molecule has 3 N–H and O–H groups in total. The third-order valence-electron chi connectivity index (χ3n) is 4.36. The van der Waals surface area contributed by atoms with Crippen LogP contribution in [-0.2, 0) is 6.42 Å². The van der Waals surface area contributed by atoms with Crippen molar-refractivity contribution in [1.82, 2.24) is 15.3 Å². The quantitative estimate of drug-likeness (QED) is 0.791. The Morgan fingerprint density at radius 2 is 1.89 bits per heavy atom. The zero-order chi connectivity index (χ0) is 13.2. The summed E-state index contributed by atoms with van der Waals surface area (Å²) >= 11 is 0. The summed E-state index contributed by atoms with van der Waals surface area (Å²) < 4.78 is 0. The third kappa shape index (κ3) is 2.73. The average Bonchev–Trinajstić information content (AvgIpc) is 2.79. The van der Waals surface area contributed by atoms with Gasteiger partial charge < -0.3 is 15.3 Å². The molecule has 4 heteroatoms. The van der Waals surface area contributed by atoms with Crippen LogP contribution in [0.5, 0.6) is 0 Å². The minimum absolute atomic E-state index is 0.123. The summed E-state index contributed by atoms with van der Waals surface area (Å²) in [5.41, 5.74) is 3.02. The van der Waals surface area contributed by atoms with Crippen LogP contribution in [0.15, 0.2) is 23.0 Å².